The highest BCUT2D eigenvalue weighted by Gasteiger charge is 2.42. The highest BCUT2D eigenvalue weighted by molar-refractivity contribution is 8.00. The number of rotatable bonds is 20. The maximum absolute atomic E-state index is 12.0. The second kappa shape index (κ2) is 17.8. The summed E-state index contributed by atoms with van der Waals surface area (Å²) in [5.41, 5.74) is 5.88. The minimum absolute atomic E-state index is 0.0530. The van der Waals surface area contributed by atoms with Gasteiger partial charge in [0.05, 0.1) is 18.7 Å². The van der Waals surface area contributed by atoms with E-state index in [4.69, 9.17) is 16.3 Å². The molecule has 0 aromatic heterocycles. The van der Waals surface area contributed by atoms with Gasteiger partial charge in [-0.3, -0.25) is 15.4 Å². The minimum atomic E-state index is -0.140. The molecule has 2 aliphatic heterocycles. The summed E-state index contributed by atoms with van der Waals surface area (Å²) in [7, 11) is 0. The number of hydrazine groups is 1. The van der Waals surface area contributed by atoms with Crippen molar-refractivity contribution in [2.75, 3.05) is 32.0 Å². The Hall–Kier alpha value is -1.56. The Balaban J connectivity index is 1.33. The average molecular weight is 529 g/mol. The molecule has 1 unspecified atom stereocenters. The topological polar surface area (TPSA) is 152 Å². The Labute approximate surface area is 220 Å². The lowest BCUT2D eigenvalue weighted by Gasteiger charge is -2.19. The van der Waals surface area contributed by atoms with Crippen molar-refractivity contribution in [3.8, 4) is 0 Å². The molecule has 0 bridgehead atoms. The van der Waals surface area contributed by atoms with Gasteiger partial charge in [0, 0.05) is 49.5 Å². The molecule has 4 atom stereocenters. The molecular weight excluding hydrogens is 480 g/mol. The molecule has 208 valence electrons. The maximum Gasteiger partial charge on any atom is 0.315 e. The van der Waals surface area contributed by atoms with E-state index in [1.165, 1.54) is 0 Å². The molecule has 7 N–H and O–H groups in total. The van der Waals surface area contributed by atoms with Crippen molar-refractivity contribution in [3.05, 3.63) is 0 Å². The van der Waals surface area contributed by atoms with E-state index in [-0.39, 0.29) is 36.0 Å². The van der Waals surface area contributed by atoms with Crippen LogP contribution in [0.2, 0.25) is 0 Å². The van der Waals surface area contributed by atoms with E-state index >= 15 is 0 Å². The van der Waals surface area contributed by atoms with Gasteiger partial charge in [0.2, 0.25) is 5.91 Å². The molecule has 3 amide bonds. The lowest BCUT2D eigenvalue weighted by atomic mass is 10.0. The van der Waals surface area contributed by atoms with Gasteiger partial charge in [-0.2, -0.15) is 11.8 Å². The van der Waals surface area contributed by atoms with Gasteiger partial charge in [0.15, 0.2) is 0 Å². The average Bonchev–Trinajstić information content (AvgIpc) is 3.40. The molecule has 0 spiro atoms. The minimum Gasteiger partial charge on any atom is -0.466 e. The van der Waals surface area contributed by atoms with E-state index in [9.17, 15) is 14.4 Å². The van der Waals surface area contributed by atoms with Crippen molar-refractivity contribution in [1.82, 2.24) is 21.0 Å². The molecule has 0 aromatic carbocycles. The highest BCUT2D eigenvalue weighted by atomic mass is 32.2. The number of thioether (sulfide) groups is 1. The smallest absolute Gasteiger partial charge is 0.315 e. The van der Waals surface area contributed by atoms with Crippen molar-refractivity contribution in [3.63, 3.8) is 0 Å². The SMILES string of the molecule is CCC(N)CN(N)CCCCCC(=O)OCCCCCNC(=O)CCCC[C@H]1SC[C@@H]2NC(=O)N[C@@H]21. The van der Waals surface area contributed by atoms with Crippen LogP contribution in [0.25, 0.3) is 0 Å². The Morgan fingerprint density at radius 3 is 2.69 bits per heavy atom. The first-order valence-electron chi connectivity index (χ1n) is 13.7. The number of hydrogen-bond donors (Lipinski definition) is 5. The number of fused-ring (bicyclic) bond motifs is 1. The number of hydrogen-bond acceptors (Lipinski definition) is 8. The molecular formula is C25H48N6O4S. The third kappa shape index (κ3) is 12.6. The molecule has 0 aromatic rings. The predicted molar refractivity (Wildman–Crippen MR) is 144 cm³/mol. The van der Waals surface area contributed by atoms with Crippen LogP contribution in [-0.2, 0) is 14.3 Å². The Kier molecular flexibility index (Phi) is 15.2. The van der Waals surface area contributed by atoms with Crippen LogP contribution in [0.5, 0.6) is 0 Å². The third-order valence-corrected chi connectivity index (χ3v) is 8.32. The number of nitrogens with two attached hydrogens (primary N) is 2. The fourth-order valence-electron chi connectivity index (χ4n) is 4.53. The van der Waals surface area contributed by atoms with Gasteiger partial charge in [-0.15, -0.1) is 0 Å². The number of carbonyl (C=O) groups is 3. The summed E-state index contributed by atoms with van der Waals surface area (Å²) in [6, 6.07) is 0.554. The van der Waals surface area contributed by atoms with E-state index in [0.717, 1.165) is 76.5 Å². The van der Waals surface area contributed by atoms with Crippen LogP contribution in [0, 0.1) is 0 Å². The van der Waals surface area contributed by atoms with Gasteiger partial charge in [0.1, 0.15) is 0 Å². The van der Waals surface area contributed by atoms with Gasteiger partial charge in [-0.05, 0) is 51.4 Å². The summed E-state index contributed by atoms with van der Waals surface area (Å²) >= 11 is 1.91. The summed E-state index contributed by atoms with van der Waals surface area (Å²) in [5.74, 6) is 6.84. The number of unbranched alkanes of at least 4 members (excludes halogenated alkanes) is 5. The lowest BCUT2D eigenvalue weighted by Crippen LogP contribution is -2.41. The van der Waals surface area contributed by atoms with Crippen molar-refractivity contribution >= 4 is 29.7 Å². The fourth-order valence-corrected chi connectivity index (χ4v) is 6.08. The summed E-state index contributed by atoms with van der Waals surface area (Å²) in [6.45, 7) is 4.64. The van der Waals surface area contributed by atoms with Crippen LogP contribution in [0.3, 0.4) is 0 Å². The molecule has 0 radical (unpaired) electrons. The third-order valence-electron chi connectivity index (χ3n) is 6.81. The van der Waals surface area contributed by atoms with E-state index < -0.39 is 0 Å². The molecule has 36 heavy (non-hydrogen) atoms. The largest absolute Gasteiger partial charge is 0.466 e. The lowest BCUT2D eigenvalue weighted by molar-refractivity contribution is -0.143. The predicted octanol–water partition coefficient (Wildman–Crippen LogP) is 2.02. The van der Waals surface area contributed by atoms with Crippen LogP contribution in [0.4, 0.5) is 4.79 Å². The zero-order valence-corrected chi connectivity index (χ0v) is 22.8. The molecule has 2 heterocycles. The van der Waals surface area contributed by atoms with E-state index in [1.807, 2.05) is 18.7 Å². The number of carbonyl (C=O) groups excluding carboxylic acids is 3. The van der Waals surface area contributed by atoms with Gasteiger partial charge in [-0.1, -0.05) is 19.8 Å². The first-order chi connectivity index (χ1) is 17.4. The Morgan fingerprint density at radius 2 is 1.89 bits per heavy atom. The molecule has 2 fully saturated rings. The molecule has 2 aliphatic rings. The first-order valence-corrected chi connectivity index (χ1v) is 14.8. The quantitative estimate of drug-likeness (QED) is 0.0529. The van der Waals surface area contributed by atoms with Crippen molar-refractivity contribution in [2.24, 2.45) is 11.6 Å². The van der Waals surface area contributed by atoms with Crippen LogP contribution in [0.1, 0.15) is 84.0 Å². The van der Waals surface area contributed by atoms with E-state index in [2.05, 4.69) is 16.0 Å². The van der Waals surface area contributed by atoms with Crippen molar-refractivity contribution in [2.45, 2.75) is 107 Å². The fraction of sp³-hybridized carbons (Fsp3) is 0.880. The Bertz CT molecular complexity index is 670. The first kappa shape index (κ1) is 30.7. The van der Waals surface area contributed by atoms with E-state index in [1.54, 1.807) is 5.01 Å². The van der Waals surface area contributed by atoms with Gasteiger partial charge in [0.25, 0.3) is 0 Å². The maximum atomic E-state index is 12.0. The second-order valence-electron chi connectivity index (χ2n) is 9.97. The number of nitrogens with one attached hydrogen (secondary N) is 3. The number of amides is 3. The second-order valence-corrected chi connectivity index (χ2v) is 11.2. The van der Waals surface area contributed by atoms with Crippen LogP contribution in [0.15, 0.2) is 0 Å². The molecule has 10 nitrogen and oxygen atoms in total. The van der Waals surface area contributed by atoms with Gasteiger partial charge >= 0.3 is 12.0 Å². The zero-order valence-electron chi connectivity index (χ0n) is 22.0. The van der Waals surface area contributed by atoms with Crippen LogP contribution < -0.4 is 27.5 Å². The van der Waals surface area contributed by atoms with Gasteiger partial charge < -0.3 is 26.4 Å². The molecule has 0 aliphatic carbocycles. The van der Waals surface area contributed by atoms with Crippen LogP contribution in [-0.4, -0.2) is 78.3 Å². The number of nitrogens with zero attached hydrogens (tertiary/aromatic N) is 1. The molecule has 2 rings (SSSR count). The number of ether oxygens (including phenoxy) is 1. The van der Waals surface area contributed by atoms with Crippen LogP contribution >= 0.6 is 11.8 Å². The molecule has 0 saturated carbocycles. The van der Waals surface area contributed by atoms with E-state index in [0.29, 0.717) is 37.8 Å². The molecule has 11 heteroatoms. The molecule has 2 saturated heterocycles. The summed E-state index contributed by atoms with van der Waals surface area (Å²) in [4.78, 5) is 35.3. The zero-order chi connectivity index (χ0) is 26.2. The number of esters is 1. The number of urea groups is 1. The van der Waals surface area contributed by atoms with Crippen molar-refractivity contribution < 1.29 is 19.1 Å². The highest BCUT2D eigenvalue weighted by Crippen LogP contribution is 2.33. The van der Waals surface area contributed by atoms with Crippen molar-refractivity contribution in [1.29, 1.82) is 0 Å². The Morgan fingerprint density at radius 1 is 1.11 bits per heavy atom. The monoisotopic (exact) mass is 528 g/mol. The summed E-state index contributed by atoms with van der Waals surface area (Å²) in [6.07, 6.45) is 10.1. The summed E-state index contributed by atoms with van der Waals surface area (Å²) < 4.78 is 5.30. The normalized spacial score (nSPS) is 21.7. The summed E-state index contributed by atoms with van der Waals surface area (Å²) in [5, 5.41) is 11.1. The van der Waals surface area contributed by atoms with Gasteiger partial charge in [-0.25, -0.2) is 9.80 Å². The standard InChI is InChI=1S/C25H48N6O4S/c1-2-19(26)17-31(27)15-9-3-5-13-23(33)35-16-10-4-8-14-28-22(32)12-7-6-11-21-24-20(18-36-21)29-25(34)30-24/h19-21,24H,2-18,26-27H2,1H3,(H,28,32)(H2,29,30,34)/t19?,20-,21+,24-/m0/s1.